The summed E-state index contributed by atoms with van der Waals surface area (Å²) in [5.41, 5.74) is 4.15. The first-order valence-electron chi connectivity index (χ1n) is 11.5. The number of hydrogen-bond acceptors (Lipinski definition) is 5. The molecule has 7 nitrogen and oxygen atoms in total. The van der Waals surface area contributed by atoms with Gasteiger partial charge in [-0.05, 0) is 74.5 Å². The standard InChI is InChI=1S/C24H27F6N5O2/c1-12-16(3-4-20(31)34-12)11-33-21(36)13(2)35-22(37)19-8-15(10-32-19)5-14-6-17(23(25,26)27)9-18(7-14)24(28,29)30/h3-4,6-7,9,13,15,19,32H,5,8,10-11H2,1-2H3,(H2,31,34)(H,33,36)(H,35,37)/t13-,15-,19+/m0/s1. The lowest BCUT2D eigenvalue weighted by atomic mass is 9.93. The molecule has 1 aliphatic rings. The van der Waals surface area contributed by atoms with E-state index in [1.165, 1.54) is 6.92 Å². The van der Waals surface area contributed by atoms with Crippen LogP contribution in [0.3, 0.4) is 0 Å². The summed E-state index contributed by atoms with van der Waals surface area (Å²) in [6, 6.07) is 3.20. The quantitative estimate of drug-likeness (QED) is 0.410. The van der Waals surface area contributed by atoms with Crippen molar-refractivity contribution in [3.63, 3.8) is 0 Å². The van der Waals surface area contributed by atoms with Gasteiger partial charge in [0.25, 0.3) is 0 Å². The highest BCUT2D eigenvalue weighted by atomic mass is 19.4. The molecule has 202 valence electrons. The zero-order valence-corrected chi connectivity index (χ0v) is 20.1. The van der Waals surface area contributed by atoms with Crippen LogP contribution in [0.2, 0.25) is 0 Å². The Morgan fingerprint density at radius 1 is 1.11 bits per heavy atom. The van der Waals surface area contributed by atoms with E-state index in [-0.39, 0.29) is 43.5 Å². The topological polar surface area (TPSA) is 109 Å². The Kier molecular flexibility index (Phi) is 8.35. The van der Waals surface area contributed by atoms with Crippen molar-refractivity contribution in [2.24, 2.45) is 5.92 Å². The Balaban J connectivity index is 1.56. The average molecular weight is 532 g/mol. The molecule has 13 heteroatoms. The Hall–Kier alpha value is -3.35. The number of benzene rings is 1. The maximum absolute atomic E-state index is 13.1. The second-order valence-electron chi connectivity index (χ2n) is 9.11. The first kappa shape index (κ1) is 28.2. The van der Waals surface area contributed by atoms with Crippen LogP contribution in [0.1, 0.15) is 41.3 Å². The van der Waals surface area contributed by atoms with Crippen LogP contribution in [0.4, 0.5) is 32.2 Å². The van der Waals surface area contributed by atoms with E-state index in [1.807, 2.05) is 0 Å². The molecule has 3 atom stereocenters. The fourth-order valence-corrected chi connectivity index (χ4v) is 4.15. The molecule has 0 spiro atoms. The van der Waals surface area contributed by atoms with E-state index < -0.39 is 47.4 Å². The summed E-state index contributed by atoms with van der Waals surface area (Å²) in [7, 11) is 0. The molecule has 1 saturated heterocycles. The molecule has 2 heterocycles. The van der Waals surface area contributed by atoms with Crippen LogP contribution >= 0.6 is 0 Å². The zero-order chi connectivity index (χ0) is 27.5. The number of aromatic nitrogens is 1. The molecular weight excluding hydrogens is 504 g/mol. The molecule has 2 amide bonds. The van der Waals surface area contributed by atoms with E-state index in [1.54, 1.807) is 19.1 Å². The molecule has 37 heavy (non-hydrogen) atoms. The summed E-state index contributed by atoms with van der Waals surface area (Å²) < 4.78 is 78.7. The number of halogens is 6. The molecule has 0 radical (unpaired) electrons. The van der Waals surface area contributed by atoms with Crippen LogP contribution in [0.25, 0.3) is 0 Å². The number of aryl methyl sites for hydroxylation is 1. The van der Waals surface area contributed by atoms with E-state index in [0.717, 1.165) is 5.56 Å². The number of hydrogen-bond donors (Lipinski definition) is 4. The maximum Gasteiger partial charge on any atom is 0.416 e. The number of nitrogens with zero attached hydrogens (tertiary/aromatic N) is 1. The maximum atomic E-state index is 13.1. The van der Waals surface area contributed by atoms with Gasteiger partial charge in [-0.3, -0.25) is 9.59 Å². The Morgan fingerprint density at radius 3 is 2.30 bits per heavy atom. The first-order chi connectivity index (χ1) is 17.1. The first-order valence-corrected chi connectivity index (χ1v) is 11.5. The fraction of sp³-hybridized carbons (Fsp3) is 0.458. The smallest absolute Gasteiger partial charge is 0.384 e. The van der Waals surface area contributed by atoms with Crippen molar-refractivity contribution in [2.45, 2.75) is 57.7 Å². The highest BCUT2D eigenvalue weighted by Crippen LogP contribution is 2.37. The van der Waals surface area contributed by atoms with Crippen molar-refractivity contribution in [1.82, 2.24) is 20.9 Å². The highest BCUT2D eigenvalue weighted by Gasteiger charge is 2.38. The number of alkyl halides is 6. The fourth-order valence-electron chi connectivity index (χ4n) is 4.15. The highest BCUT2D eigenvalue weighted by molar-refractivity contribution is 5.89. The number of pyridine rings is 1. The molecule has 0 saturated carbocycles. The zero-order valence-electron chi connectivity index (χ0n) is 20.1. The minimum atomic E-state index is -4.92. The van der Waals surface area contributed by atoms with E-state index in [9.17, 15) is 35.9 Å². The SMILES string of the molecule is Cc1nc(N)ccc1CNC(=O)[C@H](C)NC(=O)[C@H]1C[C@H](Cc2cc(C(F)(F)F)cc(C(F)(F)F)c2)CN1. The third-order valence-electron chi connectivity index (χ3n) is 6.13. The van der Waals surface area contributed by atoms with Gasteiger partial charge in [-0.25, -0.2) is 4.98 Å². The van der Waals surface area contributed by atoms with Crippen LogP contribution in [-0.4, -0.2) is 35.4 Å². The van der Waals surface area contributed by atoms with E-state index in [0.29, 0.717) is 23.6 Å². The number of nitrogens with two attached hydrogens (primary N) is 1. The third-order valence-corrected chi connectivity index (χ3v) is 6.13. The van der Waals surface area contributed by atoms with Crippen molar-refractivity contribution < 1.29 is 35.9 Å². The van der Waals surface area contributed by atoms with Gasteiger partial charge in [0.1, 0.15) is 11.9 Å². The predicted molar refractivity (Wildman–Crippen MR) is 123 cm³/mol. The Labute approximate surface area is 209 Å². The molecular formula is C24H27F6N5O2. The van der Waals surface area contributed by atoms with Crippen molar-refractivity contribution in [2.75, 3.05) is 12.3 Å². The summed E-state index contributed by atoms with van der Waals surface area (Å²) in [6.07, 6.45) is -9.73. The second-order valence-corrected chi connectivity index (χ2v) is 9.11. The minimum absolute atomic E-state index is 0.0746. The lowest BCUT2D eigenvalue weighted by molar-refractivity contribution is -0.143. The Morgan fingerprint density at radius 2 is 1.73 bits per heavy atom. The van der Waals surface area contributed by atoms with Gasteiger partial charge >= 0.3 is 12.4 Å². The molecule has 1 fully saturated rings. The number of rotatable bonds is 7. The number of nitrogens with one attached hydrogen (secondary N) is 3. The van der Waals surface area contributed by atoms with Crippen LogP contribution in [-0.2, 0) is 34.9 Å². The van der Waals surface area contributed by atoms with Gasteiger partial charge in [-0.1, -0.05) is 6.07 Å². The third kappa shape index (κ3) is 7.57. The van der Waals surface area contributed by atoms with Crippen LogP contribution in [0, 0.1) is 12.8 Å². The summed E-state index contributed by atoms with van der Waals surface area (Å²) in [5.74, 6) is -0.951. The molecule has 3 rings (SSSR count). The summed E-state index contributed by atoms with van der Waals surface area (Å²) >= 11 is 0. The van der Waals surface area contributed by atoms with E-state index in [4.69, 9.17) is 5.73 Å². The molecule has 0 aliphatic carbocycles. The van der Waals surface area contributed by atoms with Gasteiger partial charge in [0.15, 0.2) is 0 Å². The lowest BCUT2D eigenvalue weighted by Crippen LogP contribution is -2.50. The molecule has 5 N–H and O–H groups in total. The Bertz CT molecular complexity index is 1120. The van der Waals surface area contributed by atoms with Gasteiger partial charge in [0.2, 0.25) is 11.8 Å². The van der Waals surface area contributed by atoms with Gasteiger partial charge in [0.05, 0.1) is 17.2 Å². The van der Waals surface area contributed by atoms with E-state index >= 15 is 0 Å². The van der Waals surface area contributed by atoms with Gasteiger partial charge in [-0.2, -0.15) is 26.3 Å². The number of carbonyl (C=O) groups excluding carboxylic acids is 2. The van der Waals surface area contributed by atoms with Crippen LogP contribution in [0.15, 0.2) is 30.3 Å². The molecule has 1 aliphatic heterocycles. The second kappa shape index (κ2) is 11.0. The number of anilines is 1. The summed E-state index contributed by atoms with van der Waals surface area (Å²) in [5, 5.41) is 8.19. The van der Waals surface area contributed by atoms with Crippen LogP contribution in [0.5, 0.6) is 0 Å². The van der Waals surface area contributed by atoms with Crippen LogP contribution < -0.4 is 21.7 Å². The molecule has 0 bridgehead atoms. The average Bonchev–Trinajstić information content (AvgIpc) is 3.25. The molecule has 1 aromatic heterocycles. The van der Waals surface area contributed by atoms with Gasteiger partial charge in [0, 0.05) is 12.2 Å². The number of amides is 2. The normalized spacial score (nSPS) is 18.9. The predicted octanol–water partition coefficient (Wildman–Crippen LogP) is 3.35. The number of nitrogen functional groups attached to an aromatic ring is 1. The number of carbonyl (C=O) groups is 2. The van der Waals surface area contributed by atoms with Crippen molar-refractivity contribution >= 4 is 17.6 Å². The molecule has 2 aromatic rings. The minimum Gasteiger partial charge on any atom is -0.384 e. The van der Waals surface area contributed by atoms with Crippen molar-refractivity contribution in [3.05, 3.63) is 58.3 Å². The molecule has 1 aromatic carbocycles. The lowest BCUT2D eigenvalue weighted by Gasteiger charge is -2.18. The van der Waals surface area contributed by atoms with Crippen molar-refractivity contribution in [1.29, 1.82) is 0 Å². The molecule has 0 unspecified atom stereocenters. The monoisotopic (exact) mass is 531 g/mol. The van der Waals surface area contributed by atoms with E-state index in [2.05, 4.69) is 20.9 Å². The summed E-state index contributed by atoms with van der Waals surface area (Å²) in [4.78, 5) is 29.1. The van der Waals surface area contributed by atoms with Gasteiger partial charge < -0.3 is 21.7 Å². The summed E-state index contributed by atoms with van der Waals surface area (Å²) in [6.45, 7) is 3.64. The largest absolute Gasteiger partial charge is 0.416 e. The van der Waals surface area contributed by atoms with Crippen molar-refractivity contribution in [3.8, 4) is 0 Å². The van der Waals surface area contributed by atoms with Gasteiger partial charge in [-0.15, -0.1) is 0 Å².